The van der Waals surface area contributed by atoms with Crippen molar-refractivity contribution in [3.05, 3.63) is 59.2 Å². The maximum absolute atomic E-state index is 12.8. The minimum Gasteiger partial charge on any atom is -0.492 e. The summed E-state index contributed by atoms with van der Waals surface area (Å²) in [5.74, 6) is 0.421. The molecule has 0 unspecified atom stereocenters. The molecule has 2 aromatic rings. The summed E-state index contributed by atoms with van der Waals surface area (Å²) in [5.41, 5.74) is 7.44. The molecule has 2 amide bonds. The van der Waals surface area contributed by atoms with Crippen molar-refractivity contribution in [2.45, 2.75) is 37.5 Å². The highest BCUT2D eigenvalue weighted by atomic mass is 16.5. The molecular formula is C25H28N4O3. The van der Waals surface area contributed by atoms with Crippen LogP contribution in [0.1, 0.15) is 43.4 Å². The van der Waals surface area contributed by atoms with E-state index in [0.29, 0.717) is 12.2 Å². The van der Waals surface area contributed by atoms with Crippen LogP contribution >= 0.6 is 0 Å². The van der Waals surface area contributed by atoms with Gasteiger partial charge in [0.15, 0.2) is 0 Å². The molecule has 0 radical (unpaired) electrons. The quantitative estimate of drug-likeness (QED) is 0.730. The molecular weight excluding hydrogens is 404 g/mol. The second-order valence-corrected chi connectivity index (χ2v) is 9.11. The van der Waals surface area contributed by atoms with E-state index in [1.807, 2.05) is 36.4 Å². The topological polar surface area (TPSA) is 108 Å². The van der Waals surface area contributed by atoms with E-state index in [-0.39, 0.29) is 11.8 Å². The molecule has 0 saturated carbocycles. The highest BCUT2D eigenvalue weighted by Gasteiger charge is 2.48. The summed E-state index contributed by atoms with van der Waals surface area (Å²) >= 11 is 0. The van der Waals surface area contributed by atoms with Crippen molar-refractivity contribution in [1.82, 2.24) is 4.90 Å². The Hall–Kier alpha value is -3.37. The van der Waals surface area contributed by atoms with E-state index in [9.17, 15) is 14.9 Å². The number of nitrogens with one attached hydrogen (secondary N) is 1. The number of nitrogens with two attached hydrogens (primary N) is 1. The maximum Gasteiger partial charge on any atom is 0.235 e. The second-order valence-electron chi connectivity index (χ2n) is 9.11. The molecule has 4 rings (SSSR count). The van der Waals surface area contributed by atoms with E-state index in [1.54, 1.807) is 19.9 Å². The normalized spacial score (nSPS) is 17.5. The van der Waals surface area contributed by atoms with Gasteiger partial charge in [-0.3, -0.25) is 14.5 Å². The van der Waals surface area contributed by atoms with E-state index < -0.39 is 10.8 Å². The van der Waals surface area contributed by atoms with Crippen molar-refractivity contribution < 1.29 is 14.3 Å². The first-order chi connectivity index (χ1) is 15.3. The van der Waals surface area contributed by atoms with Crippen molar-refractivity contribution in [3.8, 4) is 11.8 Å². The lowest BCUT2D eigenvalue weighted by Gasteiger charge is -2.38. The average Bonchev–Trinajstić information content (AvgIpc) is 3.05. The molecule has 1 fully saturated rings. The number of primary amides is 1. The van der Waals surface area contributed by atoms with Gasteiger partial charge in [-0.05, 0) is 81.2 Å². The molecule has 1 saturated heterocycles. The number of piperidine rings is 1. The largest absolute Gasteiger partial charge is 0.492 e. The fourth-order valence-corrected chi connectivity index (χ4v) is 4.54. The predicted molar refractivity (Wildman–Crippen MR) is 121 cm³/mol. The van der Waals surface area contributed by atoms with Gasteiger partial charge in [0.05, 0.1) is 22.5 Å². The molecule has 2 aromatic carbocycles. The molecule has 166 valence electrons. The number of anilines is 1. The molecule has 0 aliphatic carbocycles. The number of benzene rings is 2. The van der Waals surface area contributed by atoms with Gasteiger partial charge in [-0.15, -0.1) is 0 Å². The number of carbonyl (C=O) groups is 2. The first-order valence-electron chi connectivity index (χ1n) is 10.9. The first-order valence-corrected chi connectivity index (χ1v) is 10.9. The van der Waals surface area contributed by atoms with Crippen LogP contribution in [0.25, 0.3) is 0 Å². The van der Waals surface area contributed by atoms with E-state index in [2.05, 4.69) is 16.3 Å². The van der Waals surface area contributed by atoms with Gasteiger partial charge in [0.1, 0.15) is 12.4 Å². The Labute approximate surface area is 188 Å². The number of nitriles is 1. The van der Waals surface area contributed by atoms with Crippen LogP contribution in [0.3, 0.4) is 0 Å². The molecule has 0 aromatic heterocycles. The number of rotatable bonds is 6. The molecule has 2 aliphatic rings. The third kappa shape index (κ3) is 3.82. The average molecular weight is 433 g/mol. The van der Waals surface area contributed by atoms with Crippen LogP contribution in [-0.2, 0) is 20.4 Å². The lowest BCUT2D eigenvalue weighted by atomic mass is 9.73. The zero-order chi connectivity index (χ0) is 22.9. The second kappa shape index (κ2) is 8.29. The number of hydrogen-bond acceptors (Lipinski definition) is 5. The third-order valence-electron chi connectivity index (χ3n) is 6.92. The number of hydrogen-bond donors (Lipinski definition) is 2. The van der Waals surface area contributed by atoms with Gasteiger partial charge in [-0.1, -0.05) is 12.1 Å². The van der Waals surface area contributed by atoms with Crippen molar-refractivity contribution in [1.29, 1.82) is 5.26 Å². The summed E-state index contributed by atoms with van der Waals surface area (Å²) in [6.45, 7) is 6.48. The van der Waals surface area contributed by atoms with Crippen LogP contribution in [0.2, 0.25) is 0 Å². The van der Waals surface area contributed by atoms with E-state index in [0.717, 1.165) is 55.0 Å². The van der Waals surface area contributed by atoms with Gasteiger partial charge in [0.2, 0.25) is 11.8 Å². The number of carbonyl (C=O) groups excluding carboxylic acids is 2. The van der Waals surface area contributed by atoms with Crippen LogP contribution in [0.4, 0.5) is 5.69 Å². The van der Waals surface area contributed by atoms with Crippen LogP contribution in [-0.4, -0.2) is 43.0 Å². The van der Waals surface area contributed by atoms with Gasteiger partial charge in [-0.25, -0.2) is 0 Å². The fourth-order valence-electron chi connectivity index (χ4n) is 4.54. The van der Waals surface area contributed by atoms with Crippen molar-refractivity contribution in [3.63, 3.8) is 0 Å². The number of nitrogens with zero attached hydrogens (tertiary/aromatic N) is 2. The van der Waals surface area contributed by atoms with E-state index >= 15 is 0 Å². The molecule has 0 atom stereocenters. The van der Waals surface area contributed by atoms with Crippen LogP contribution in [0.5, 0.6) is 5.75 Å². The Kier molecular flexibility index (Phi) is 5.66. The summed E-state index contributed by atoms with van der Waals surface area (Å²) < 4.78 is 5.89. The highest BCUT2D eigenvalue weighted by molar-refractivity contribution is 6.06. The van der Waals surface area contributed by atoms with Gasteiger partial charge < -0.3 is 15.8 Å². The van der Waals surface area contributed by atoms with Gasteiger partial charge >= 0.3 is 0 Å². The zero-order valence-corrected chi connectivity index (χ0v) is 18.5. The summed E-state index contributed by atoms with van der Waals surface area (Å²) in [7, 11) is 0. The lowest BCUT2D eigenvalue weighted by molar-refractivity contribution is -0.123. The molecule has 3 N–H and O–H groups in total. The highest BCUT2D eigenvalue weighted by Crippen LogP contribution is 2.45. The van der Waals surface area contributed by atoms with Crippen LogP contribution in [0.15, 0.2) is 42.5 Å². The van der Waals surface area contributed by atoms with Crippen molar-refractivity contribution in [2.24, 2.45) is 5.73 Å². The summed E-state index contributed by atoms with van der Waals surface area (Å²) in [5, 5.41) is 12.2. The van der Waals surface area contributed by atoms with Gasteiger partial charge in [0, 0.05) is 12.2 Å². The third-order valence-corrected chi connectivity index (χ3v) is 6.92. The minimum atomic E-state index is -0.721. The lowest BCUT2D eigenvalue weighted by Crippen LogP contribution is -2.47. The number of ether oxygens (including phenoxy) is 1. The van der Waals surface area contributed by atoms with E-state index in [4.69, 9.17) is 10.5 Å². The van der Waals surface area contributed by atoms with Crippen LogP contribution < -0.4 is 15.8 Å². The Balaban J connectivity index is 1.32. The van der Waals surface area contributed by atoms with Gasteiger partial charge in [0.25, 0.3) is 0 Å². The summed E-state index contributed by atoms with van der Waals surface area (Å²) in [6.07, 6.45) is 1.44. The zero-order valence-electron chi connectivity index (χ0n) is 18.5. The predicted octanol–water partition coefficient (Wildman–Crippen LogP) is 2.69. The number of amides is 2. The molecule has 0 bridgehead atoms. The Morgan fingerprint density at radius 3 is 2.53 bits per heavy atom. The molecule has 1 spiro atoms. The van der Waals surface area contributed by atoms with Crippen molar-refractivity contribution >= 4 is 17.5 Å². The Bertz CT molecular complexity index is 1080. The fraction of sp³-hybridized carbons (Fsp3) is 0.400. The smallest absolute Gasteiger partial charge is 0.235 e. The Morgan fingerprint density at radius 2 is 1.91 bits per heavy atom. The maximum atomic E-state index is 12.8. The monoisotopic (exact) mass is 432 g/mol. The minimum absolute atomic E-state index is 0.0393. The van der Waals surface area contributed by atoms with Crippen LogP contribution in [0, 0.1) is 11.3 Å². The van der Waals surface area contributed by atoms with Crippen molar-refractivity contribution in [2.75, 3.05) is 31.6 Å². The molecule has 7 heteroatoms. The standard InChI is InChI=1S/C25H28N4O3/c1-24(2,22(27)30)18-4-6-19(7-5-18)32-14-13-29-11-9-25(10-12-29)20-15-17(16-26)3-8-21(20)28-23(25)31/h3-8,15H,9-14H2,1-2H3,(H2,27,30)(H,28,31). The SMILES string of the molecule is CC(C)(C(N)=O)c1ccc(OCCN2CCC3(CC2)C(=O)Nc2ccc(C#N)cc23)cc1. The molecule has 32 heavy (non-hydrogen) atoms. The summed E-state index contributed by atoms with van der Waals surface area (Å²) in [4.78, 5) is 26.7. The Morgan fingerprint density at radius 1 is 1.22 bits per heavy atom. The first kappa shape index (κ1) is 21.8. The molecule has 2 aliphatic heterocycles. The number of fused-ring (bicyclic) bond motifs is 2. The van der Waals surface area contributed by atoms with Gasteiger partial charge in [-0.2, -0.15) is 5.26 Å². The number of likely N-dealkylation sites (tertiary alicyclic amines) is 1. The summed E-state index contributed by atoms with van der Waals surface area (Å²) in [6, 6.07) is 15.1. The molecule has 7 nitrogen and oxygen atoms in total. The van der Waals surface area contributed by atoms with E-state index in [1.165, 1.54) is 0 Å². The molecule has 2 heterocycles.